The lowest BCUT2D eigenvalue weighted by Gasteiger charge is -2.24. The van der Waals surface area contributed by atoms with Crippen LogP contribution in [0.5, 0.6) is 11.5 Å². The van der Waals surface area contributed by atoms with E-state index in [0.717, 1.165) is 0 Å². The molecule has 2 aromatic rings. The molecule has 0 aromatic heterocycles. The van der Waals surface area contributed by atoms with Gasteiger partial charge in [0.2, 0.25) is 5.91 Å². The summed E-state index contributed by atoms with van der Waals surface area (Å²) in [7, 11) is 0. The number of nitro groups is 1. The van der Waals surface area contributed by atoms with E-state index in [-0.39, 0.29) is 24.1 Å². The minimum atomic E-state index is -4.63. The summed E-state index contributed by atoms with van der Waals surface area (Å²) in [5, 5.41) is 11.1. The molecule has 1 aliphatic heterocycles. The SMILES string of the molecule is O=C(CCc1ccc2c(c1)OCCO2)N(Cc1ccccc1[N+](=O)[O-])CC(F)(F)F. The topological polar surface area (TPSA) is 81.9 Å². The first-order valence-corrected chi connectivity index (χ1v) is 9.18. The number of amides is 1. The first kappa shape index (κ1) is 21.4. The largest absolute Gasteiger partial charge is 0.486 e. The molecule has 1 aliphatic rings. The minimum Gasteiger partial charge on any atom is -0.486 e. The molecule has 30 heavy (non-hydrogen) atoms. The lowest BCUT2D eigenvalue weighted by Crippen LogP contribution is -2.38. The van der Waals surface area contributed by atoms with Crippen LogP contribution in [-0.2, 0) is 17.8 Å². The number of benzene rings is 2. The van der Waals surface area contributed by atoms with Crippen molar-refractivity contribution >= 4 is 11.6 Å². The van der Waals surface area contributed by atoms with Crippen molar-refractivity contribution in [3.8, 4) is 11.5 Å². The molecule has 0 spiro atoms. The van der Waals surface area contributed by atoms with Gasteiger partial charge in [-0.05, 0) is 24.1 Å². The molecule has 0 fully saturated rings. The van der Waals surface area contributed by atoms with Crippen molar-refractivity contribution in [1.82, 2.24) is 4.90 Å². The van der Waals surface area contributed by atoms with Crippen LogP contribution in [0, 0.1) is 10.1 Å². The summed E-state index contributed by atoms with van der Waals surface area (Å²) in [5.74, 6) is 0.352. The summed E-state index contributed by atoms with van der Waals surface area (Å²) < 4.78 is 49.9. The molecule has 0 atom stereocenters. The molecule has 0 aliphatic carbocycles. The molecule has 0 bridgehead atoms. The monoisotopic (exact) mass is 424 g/mol. The van der Waals surface area contributed by atoms with E-state index < -0.39 is 30.1 Å². The van der Waals surface area contributed by atoms with Crippen LogP contribution in [0.1, 0.15) is 17.5 Å². The quantitative estimate of drug-likeness (QED) is 0.498. The van der Waals surface area contributed by atoms with E-state index in [9.17, 15) is 28.1 Å². The predicted octanol–water partition coefficient (Wildman–Crippen LogP) is 3.89. The van der Waals surface area contributed by atoms with Gasteiger partial charge in [0.1, 0.15) is 19.8 Å². The van der Waals surface area contributed by atoms with E-state index in [1.165, 1.54) is 24.3 Å². The first-order valence-electron chi connectivity index (χ1n) is 9.18. The molecule has 2 aromatic carbocycles. The maximum absolute atomic E-state index is 13.0. The zero-order valence-corrected chi connectivity index (χ0v) is 15.9. The van der Waals surface area contributed by atoms with E-state index in [2.05, 4.69) is 0 Å². The summed E-state index contributed by atoms with van der Waals surface area (Å²) in [6.45, 7) is -1.16. The Morgan fingerprint density at radius 1 is 1.10 bits per heavy atom. The van der Waals surface area contributed by atoms with Gasteiger partial charge in [-0.3, -0.25) is 14.9 Å². The second-order valence-corrected chi connectivity index (χ2v) is 6.73. The predicted molar refractivity (Wildman–Crippen MR) is 100 cm³/mol. The smallest absolute Gasteiger partial charge is 0.406 e. The Morgan fingerprint density at radius 2 is 1.80 bits per heavy atom. The highest BCUT2D eigenvalue weighted by Crippen LogP contribution is 2.31. The summed E-state index contributed by atoms with van der Waals surface area (Å²) in [4.78, 5) is 23.6. The third kappa shape index (κ3) is 5.62. The molecule has 7 nitrogen and oxygen atoms in total. The zero-order valence-electron chi connectivity index (χ0n) is 15.9. The van der Waals surface area contributed by atoms with Gasteiger partial charge >= 0.3 is 6.18 Å². The van der Waals surface area contributed by atoms with Crippen LogP contribution in [0.4, 0.5) is 18.9 Å². The Balaban J connectivity index is 1.72. The van der Waals surface area contributed by atoms with Crippen LogP contribution in [0.2, 0.25) is 0 Å². The summed E-state index contributed by atoms with van der Waals surface area (Å²) in [6.07, 6.45) is -4.62. The molecule has 1 amide bonds. The number of rotatable bonds is 7. The lowest BCUT2D eigenvalue weighted by molar-refractivity contribution is -0.385. The lowest BCUT2D eigenvalue weighted by atomic mass is 10.1. The second-order valence-electron chi connectivity index (χ2n) is 6.73. The fourth-order valence-corrected chi connectivity index (χ4v) is 3.13. The summed E-state index contributed by atoms with van der Waals surface area (Å²) >= 11 is 0. The standard InChI is InChI=1S/C20H19F3N2O5/c21-20(22,23)13-24(12-15-3-1-2-4-16(15)25(27)28)19(26)8-6-14-5-7-17-18(11-14)30-10-9-29-17/h1-5,7,11H,6,8-10,12-13H2. The number of nitrogens with zero attached hydrogens (tertiary/aromatic N) is 2. The number of hydrogen-bond donors (Lipinski definition) is 0. The molecule has 0 saturated heterocycles. The summed E-state index contributed by atoms with van der Waals surface area (Å²) in [6, 6.07) is 10.5. The van der Waals surface area contributed by atoms with E-state index in [4.69, 9.17) is 9.47 Å². The number of aryl methyl sites for hydroxylation is 1. The van der Waals surface area contributed by atoms with Crippen molar-refractivity contribution in [2.75, 3.05) is 19.8 Å². The van der Waals surface area contributed by atoms with Crippen LogP contribution >= 0.6 is 0 Å². The Hall–Kier alpha value is -3.30. The number of alkyl halides is 3. The van der Waals surface area contributed by atoms with Gasteiger partial charge in [-0.25, -0.2) is 0 Å². The average Bonchev–Trinajstić information content (AvgIpc) is 2.70. The number of carbonyl (C=O) groups excluding carboxylic acids is 1. The van der Waals surface area contributed by atoms with E-state index in [1.54, 1.807) is 18.2 Å². The molecular formula is C20H19F3N2O5. The van der Waals surface area contributed by atoms with Gasteiger partial charge in [0, 0.05) is 18.1 Å². The summed E-state index contributed by atoms with van der Waals surface area (Å²) in [5.41, 5.74) is 0.425. The Labute approximate surface area is 170 Å². The molecule has 160 valence electrons. The fourth-order valence-electron chi connectivity index (χ4n) is 3.13. The van der Waals surface area contributed by atoms with Gasteiger partial charge in [-0.1, -0.05) is 24.3 Å². The van der Waals surface area contributed by atoms with Gasteiger partial charge in [-0.2, -0.15) is 13.2 Å². The van der Waals surface area contributed by atoms with Gasteiger partial charge in [0.05, 0.1) is 11.5 Å². The molecule has 10 heteroatoms. The number of nitro benzene ring substituents is 1. The second kappa shape index (κ2) is 9.02. The van der Waals surface area contributed by atoms with Crippen LogP contribution in [0.25, 0.3) is 0 Å². The van der Waals surface area contributed by atoms with Crippen molar-refractivity contribution in [1.29, 1.82) is 0 Å². The maximum Gasteiger partial charge on any atom is 0.406 e. The molecular weight excluding hydrogens is 405 g/mol. The van der Waals surface area contributed by atoms with Crippen molar-refractivity contribution in [2.45, 2.75) is 25.6 Å². The third-order valence-electron chi connectivity index (χ3n) is 4.51. The molecule has 1 heterocycles. The number of ether oxygens (including phenoxy) is 2. The van der Waals surface area contributed by atoms with Gasteiger partial charge < -0.3 is 14.4 Å². The fraction of sp³-hybridized carbons (Fsp3) is 0.350. The third-order valence-corrected chi connectivity index (χ3v) is 4.51. The van der Waals surface area contributed by atoms with E-state index in [1.807, 2.05) is 0 Å². The number of para-hydroxylation sites is 1. The van der Waals surface area contributed by atoms with Crippen LogP contribution in [0.3, 0.4) is 0 Å². The molecule has 0 saturated carbocycles. The molecule has 0 N–H and O–H groups in total. The van der Waals surface area contributed by atoms with Gasteiger partial charge in [-0.15, -0.1) is 0 Å². The van der Waals surface area contributed by atoms with Crippen LogP contribution < -0.4 is 9.47 Å². The Bertz CT molecular complexity index is 933. The molecule has 0 radical (unpaired) electrons. The zero-order chi connectivity index (χ0) is 21.7. The normalized spacial score (nSPS) is 13.0. The minimum absolute atomic E-state index is 0.0411. The number of carbonyl (C=O) groups is 1. The van der Waals surface area contributed by atoms with Crippen molar-refractivity contribution in [2.24, 2.45) is 0 Å². The van der Waals surface area contributed by atoms with Crippen molar-refractivity contribution < 1.29 is 32.4 Å². The highest BCUT2D eigenvalue weighted by molar-refractivity contribution is 5.76. The van der Waals surface area contributed by atoms with Crippen LogP contribution in [0.15, 0.2) is 42.5 Å². The van der Waals surface area contributed by atoms with E-state index >= 15 is 0 Å². The van der Waals surface area contributed by atoms with Gasteiger partial charge in [0.15, 0.2) is 11.5 Å². The van der Waals surface area contributed by atoms with Crippen LogP contribution in [-0.4, -0.2) is 41.7 Å². The van der Waals surface area contributed by atoms with Crippen molar-refractivity contribution in [3.63, 3.8) is 0 Å². The number of fused-ring (bicyclic) bond motifs is 1. The van der Waals surface area contributed by atoms with Gasteiger partial charge in [0.25, 0.3) is 5.69 Å². The molecule has 3 rings (SSSR count). The highest BCUT2D eigenvalue weighted by atomic mass is 19.4. The number of hydrogen-bond acceptors (Lipinski definition) is 5. The average molecular weight is 424 g/mol. The van der Waals surface area contributed by atoms with Crippen molar-refractivity contribution in [3.05, 3.63) is 63.7 Å². The first-order chi connectivity index (χ1) is 14.2. The maximum atomic E-state index is 13.0. The number of halogens is 3. The highest BCUT2D eigenvalue weighted by Gasteiger charge is 2.33. The van der Waals surface area contributed by atoms with E-state index in [0.29, 0.717) is 35.2 Å². The Kier molecular flexibility index (Phi) is 6.43. The molecule has 0 unspecified atom stereocenters. The Morgan fingerprint density at radius 3 is 2.50 bits per heavy atom.